The minimum atomic E-state index is -0.0614. The number of thiophene rings is 1. The Morgan fingerprint density at radius 2 is 2.21 bits per heavy atom. The molecule has 0 unspecified atom stereocenters. The van der Waals surface area contributed by atoms with Gasteiger partial charge in [0.05, 0.1) is 11.1 Å². The lowest BCUT2D eigenvalue weighted by Gasteiger charge is -2.12. The van der Waals surface area contributed by atoms with Crippen LogP contribution in [0.2, 0.25) is 0 Å². The quantitative estimate of drug-likeness (QED) is 0.633. The minimum Gasteiger partial charge on any atom is -0.353 e. The molecule has 2 aliphatic carbocycles. The van der Waals surface area contributed by atoms with Crippen molar-refractivity contribution in [3.8, 4) is 0 Å². The van der Waals surface area contributed by atoms with Gasteiger partial charge in [-0.15, -0.1) is 11.3 Å². The Bertz CT molecular complexity index is 838. The van der Waals surface area contributed by atoms with Gasteiger partial charge in [-0.2, -0.15) is 0 Å². The number of aromatic nitrogens is 2. The van der Waals surface area contributed by atoms with Crippen LogP contribution in [0.5, 0.6) is 0 Å². The monoisotopic (exact) mass is 363 g/mol. The molecular weight excluding hydrogens is 342 g/mol. The van der Waals surface area contributed by atoms with Gasteiger partial charge >= 0.3 is 0 Å². The number of rotatable bonds is 5. The number of hydrogen-bond acceptors (Lipinski definition) is 5. The predicted octanol–water partition coefficient (Wildman–Crippen LogP) is 2.87. The summed E-state index contributed by atoms with van der Waals surface area (Å²) < 4.78 is 0. The molecule has 2 N–H and O–H groups in total. The minimum absolute atomic E-state index is 0.00706. The molecule has 0 radical (unpaired) electrons. The predicted molar refractivity (Wildman–Crippen MR) is 97.9 cm³/mol. The number of carbonyl (C=O) groups excluding carboxylic acids is 1. The molecule has 1 fully saturated rings. The zero-order valence-corrected chi connectivity index (χ0v) is 15.3. The molecule has 2 aromatic rings. The molecule has 1 saturated carbocycles. The number of nitrogens with zero attached hydrogens (tertiary/aromatic N) is 1. The van der Waals surface area contributed by atoms with Crippen molar-refractivity contribution in [3.05, 3.63) is 20.8 Å². The Balaban J connectivity index is 1.48. The van der Waals surface area contributed by atoms with E-state index < -0.39 is 0 Å². The lowest BCUT2D eigenvalue weighted by atomic mass is 9.97. The fourth-order valence-corrected chi connectivity index (χ4v) is 5.35. The number of hydrogen-bond donors (Lipinski definition) is 2. The molecule has 0 saturated heterocycles. The normalized spacial score (nSPS) is 18.4. The molecule has 0 aliphatic heterocycles. The van der Waals surface area contributed by atoms with Gasteiger partial charge in [-0.25, -0.2) is 4.98 Å². The van der Waals surface area contributed by atoms with Crippen molar-refractivity contribution in [2.45, 2.75) is 56.6 Å². The third-order valence-corrected chi connectivity index (χ3v) is 6.92. The lowest BCUT2D eigenvalue weighted by Crippen LogP contribution is -2.35. The first kappa shape index (κ1) is 16.1. The standard InChI is InChI=1S/C17H21N3O2S2/c1-9(10-6-7-10)18-13(21)8-23-17-19-15(22)14-11-4-2-3-5-12(11)24-16(14)20-17/h9-10H,2-8H2,1H3,(H,18,21)(H,19,20,22)/t9-/m1/s1. The van der Waals surface area contributed by atoms with Crippen molar-refractivity contribution < 1.29 is 4.79 Å². The van der Waals surface area contributed by atoms with Gasteiger partial charge in [0.15, 0.2) is 5.16 Å². The highest BCUT2D eigenvalue weighted by Gasteiger charge is 2.28. The number of amides is 1. The molecule has 1 amide bonds. The molecular formula is C17H21N3O2S2. The largest absolute Gasteiger partial charge is 0.353 e. The van der Waals surface area contributed by atoms with Crippen LogP contribution in [0.4, 0.5) is 0 Å². The van der Waals surface area contributed by atoms with E-state index in [2.05, 4.69) is 22.2 Å². The Morgan fingerprint density at radius 1 is 1.42 bits per heavy atom. The summed E-state index contributed by atoms with van der Waals surface area (Å²) in [6, 6.07) is 0.247. The summed E-state index contributed by atoms with van der Waals surface area (Å²) in [7, 11) is 0. The van der Waals surface area contributed by atoms with Crippen LogP contribution in [-0.4, -0.2) is 27.7 Å². The summed E-state index contributed by atoms with van der Waals surface area (Å²) in [5.74, 6) is 0.939. The van der Waals surface area contributed by atoms with Crippen LogP contribution in [0.3, 0.4) is 0 Å². The fourth-order valence-electron chi connectivity index (χ4n) is 3.36. The van der Waals surface area contributed by atoms with E-state index in [9.17, 15) is 9.59 Å². The van der Waals surface area contributed by atoms with Gasteiger partial charge < -0.3 is 10.3 Å². The van der Waals surface area contributed by atoms with Gasteiger partial charge in [0.2, 0.25) is 5.91 Å². The van der Waals surface area contributed by atoms with E-state index in [1.807, 2.05) is 0 Å². The smallest absolute Gasteiger partial charge is 0.260 e. The summed E-state index contributed by atoms with van der Waals surface area (Å²) in [6.45, 7) is 2.06. The van der Waals surface area contributed by atoms with Crippen LogP contribution in [-0.2, 0) is 17.6 Å². The number of H-pyrrole nitrogens is 1. The number of nitrogens with one attached hydrogen (secondary N) is 2. The van der Waals surface area contributed by atoms with E-state index in [1.165, 1.54) is 41.5 Å². The van der Waals surface area contributed by atoms with E-state index in [0.29, 0.717) is 11.1 Å². The topological polar surface area (TPSA) is 74.8 Å². The highest BCUT2D eigenvalue weighted by Crippen LogP contribution is 2.34. The molecule has 24 heavy (non-hydrogen) atoms. The molecule has 5 nitrogen and oxygen atoms in total. The van der Waals surface area contributed by atoms with Crippen molar-refractivity contribution >= 4 is 39.2 Å². The molecule has 2 heterocycles. The molecule has 0 spiro atoms. The highest BCUT2D eigenvalue weighted by atomic mass is 32.2. The van der Waals surface area contributed by atoms with Gasteiger partial charge in [-0.05, 0) is 56.9 Å². The first-order chi connectivity index (χ1) is 11.6. The second-order valence-electron chi connectivity index (χ2n) is 6.74. The molecule has 7 heteroatoms. The molecule has 4 rings (SSSR count). The SMILES string of the molecule is C[C@@H](NC(=O)CSc1nc2sc3c(c2c(=O)[nH]1)CCCC3)C1CC1. The maximum Gasteiger partial charge on any atom is 0.260 e. The van der Waals surface area contributed by atoms with Gasteiger partial charge in [0.1, 0.15) is 4.83 Å². The number of aromatic amines is 1. The zero-order chi connectivity index (χ0) is 16.7. The average Bonchev–Trinajstić information content (AvgIpc) is 3.33. The maximum absolute atomic E-state index is 12.4. The number of fused-ring (bicyclic) bond motifs is 3. The molecule has 2 aromatic heterocycles. The van der Waals surface area contributed by atoms with E-state index in [-0.39, 0.29) is 23.3 Å². The number of carbonyl (C=O) groups is 1. The second-order valence-corrected chi connectivity index (χ2v) is 8.79. The van der Waals surface area contributed by atoms with Crippen molar-refractivity contribution in [3.63, 3.8) is 0 Å². The van der Waals surface area contributed by atoms with Gasteiger partial charge in [-0.1, -0.05) is 11.8 Å². The molecule has 2 aliphatic rings. The van der Waals surface area contributed by atoms with Crippen LogP contribution in [0.25, 0.3) is 10.2 Å². The van der Waals surface area contributed by atoms with Crippen molar-refractivity contribution in [2.24, 2.45) is 5.92 Å². The van der Waals surface area contributed by atoms with E-state index >= 15 is 0 Å². The van der Waals surface area contributed by atoms with Gasteiger partial charge in [-0.3, -0.25) is 9.59 Å². The first-order valence-electron chi connectivity index (χ1n) is 8.58. The van der Waals surface area contributed by atoms with Crippen molar-refractivity contribution in [1.82, 2.24) is 15.3 Å². The zero-order valence-electron chi connectivity index (χ0n) is 13.7. The summed E-state index contributed by atoms with van der Waals surface area (Å²) in [6.07, 6.45) is 6.80. The number of aryl methyl sites for hydroxylation is 2. The fraction of sp³-hybridized carbons (Fsp3) is 0.588. The summed E-state index contributed by atoms with van der Waals surface area (Å²) in [5.41, 5.74) is 1.14. The van der Waals surface area contributed by atoms with E-state index in [1.54, 1.807) is 11.3 Å². The van der Waals surface area contributed by atoms with Crippen LogP contribution < -0.4 is 10.9 Å². The molecule has 0 bridgehead atoms. The molecule has 0 aromatic carbocycles. The van der Waals surface area contributed by atoms with Gasteiger partial charge in [0, 0.05) is 10.9 Å². The summed E-state index contributed by atoms with van der Waals surface area (Å²) in [4.78, 5) is 34.0. The Morgan fingerprint density at radius 3 is 3.00 bits per heavy atom. The average molecular weight is 364 g/mol. The highest BCUT2D eigenvalue weighted by molar-refractivity contribution is 7.99. The van der Waals surface area contributed by atoms with Crippen LogP contribution >= 0.6 is 23.1 Å². The van der Waals surface area contributed by atoms with Crippen LogP contribution in [0.1, 0.15) is 43.0 Å². The van der Waals surface area contributed by atoms with Crippen molar-refractivity contribution in [1.29, 1.82) is 0 Å². The van der Waals surface area contributed by atoms with E-state index in [4.69, 9.17) is 0 Å². The Labute approximate surface area is 148 Å². The molecule has 1 atom stereocenters. The summed E-state index contributed by atoms with van der Waals surface area (Å²) >= 11 is 2.95. The van der Waals surface area contributed by atoms with Crippen molar-refractivity contribution in [2.75, 3.05) is 5.75 Å². The lowest BCUT2D eigenvalue weighted by molar-refractivity contribution is -0.119. The summed E-state index contributed by atoms with van der Waals surface area (Å²) in [5, 5.41) is 4.34. The Hall–Kier alpha value is -1.34. The van der Waals surface area contributed by atoms with Gasteiger partial charge in [0.25, 0.3) is 5.56 Å². The van der Waals surface area contributed by atoms with E-state index in [0.717, 1.165) is 29.5 Å². The third-order valence-electron chi connectivity index (χ3n) is 4.86. The maximum atomic E-state index is 12.4. The first-order valence-corrected chi connectivity index (χ1v) is 10.4. The van der Waals surface area contributed by atoms with Crippen LogP contribution in [0.15, 0.2) is 9.95 Å². The third kappa shape index (κ3) is 3.24. The molecule has 128 valence electrons. The number of thioether (sulfide) groups is 1. The van der Waals surface area contributed by atoms with Crippen LogP contribution in [0, 0.1) is 5.92 Å². The Kier molecular flexibility index (Phi) is 4.39. The second kappa shape index (κ2) is 6.52.